The first-order chi connectivity index (χ1) is 7.20. The van der Waals surface area contributed by atoms with Crippen molar-refractivity contribution in [2.45, 2.75) is 13.0 Å². The van der Waals surface area contributed by atoms with Crippen molar-refractivity contribution in [2.75, 3.05) is 0 Å². The van der Waals surface area contributed by atoms with E-state index in [-0.39, 0.29) is 5.78 Å². The van der Waals surface area contributed by atoms with Crippen molar-refractivity contribution < 1.29 is 9.90 Å². The highest BCUT2D eigenvalue weighted by atomic mass is 16.3. The topological polar surface area (TPSA) is 37.3 Å². The number of fused-ring (bicyclic) bond motifs is 1. The first-order valence-corrected chi connectivity index (χ1v) is 4.86. The first kappa shape index (κ1) is 9.87. The zero-order valence-electron chi connectivity index (χ0n) is 8.47. The monoisotopic (exact) mass is 200 g/mol. The summed E-state index contributed by atoms with van der Waals surface area (Å²) in [5, 5.41) is 11.7. The van der Waals surface area contributed by atoms with E-state index in [2.05, 4.69) is 0 Å². The Bertz CT molecular complexity index is 497. The van der Waals surface area contributed by atoms with Crippen LogP contribution in [0.25, 0.3) is 10.8 Å². The van der Waals surface area contributed by atoms with Gasteiger partial charge in [0.05, 0.1) is 0 Å². The molecule has 0 saturated carbocycles. The molecular weight excluding hydrogens is 188 g/mol. The predicted molar refractivity (Wildman–Crippen MR) is 59.6 cm³/mol. The Kier molecular flexibility index (Phi) is 2.52. The molecule has 2 rings (SSSR count). The van der Waals surface area contributed by atoms with Gasteiger partial charge >= 0.3 is 0 Å². The minimum atomic E-state index is -1.02. The molecule has 0 unspecified atom stereocenters. The Balaban J connectivity index is 2.65. The highest BCUT2D eigenvalue weighted by Crippen LogP contribution is 2.24. The lowest BCUT2D eigenvalue weighted by atomic mass is 9.99. The highest BCUT2D eigenvalue weighted by Gasteiger charge is 2.14. The van der Waals surface area contributed by atoms with E-state index in [1.165, 1.54) is 6.92 Å². The van der Waals surface area contributed by atoms with Crippen LogP contribution in [-0.2, 0) is 4.79 Å². The molecule has 0 aliphatic carbocycles. The molecule has 1 N–H and O–H groups in total. The maximum Gasteiger partial charge on any atom is 0.162 e. The second-order valence-corrected chi connectivity index (χ2v) is 3.58. The molecule has 0 aliphatic rings. The summed E-state index contributed by atoms with van der Waals surface area (Å²) in [5.41, 5.74) is 0.681. The van der Waals surface area contributed by atoms with Crippen LogP contribution in [0.15, 0.2) is 42.5 Å². The number of hydrogen-bond acceptors (Lipinski definition) is 2. The molecule has 0 radical (unpaired) electrons. The number of carbonyl (C=O) groups is 1. The third-order valence-corrected chi connectivity index (χ3v) is 2.50. The third-order valence-electron chi connectivity index (χ3n) is 2.50. The van der Waals surface area contributed by atoms with Gasteiger partial charge in [0.25, 0.3) is 0 Å². The van der Waals surface area contributed by atoms with Crippen LogP contribution in [0.5, 0.6) is 0 Å². The van der Waals surface area contributed by atoms with Crippen LogP contribution in [0.1, 0.15) is 18.6 Å². The largest absolute Gasteiger partial charge is 0.381 e. The minimum Gasteiger partial charge on any atom is -0.381 e. The summed E-state index contributed by atoms with van der Waals surface area (Å²) < 4.78 is 0. The summed E-state index contributed by atoms with van der Waals surface area (Å²) in [6.07, 6.45) is -1.02. The van der Waals surface area contributed by atoms with E-state index in [0.29, 0.717) is 5.56 Å². The number of aliphatic hydroxyl groups excluding tert-OH is 1. The van der Waals surface area contributed by atoms with E-state index < -0.39 is 6.10 Å². The van der Waals surface area contributed by atoms with Crippen molar-refractivity contribution in [1.29, 1.82) is 0 Å². The van der Waals surface area contributed by atoms with E-state index in [1.807, 2.05) is 36.4 Å². The SMILES string of the molecule is CC(=O)[C@@H](O)c1cccc2ccccc12. The number of hydrogen-bond donors (Lipinski definition) is 1. The molecule has 0 aromatic heterocycles. The van der Waals surface area contributed by atoms with E-state index in [9.17, 15) is 9.90 Å². The lowest BCUT2D eigenvalue weighted by molar-refractivity contribution is -0.125. The van der Waals surface area contributed by atoms with Gasteiger partial charge in [-0.2, -0.15) is 0 Å². The zero-order chi connectivity index (χ0) is 10.8. The Morgan fingerprint density at radius 1 is 1.13 bits per heavy atom. The van der Waals surface area contributed by atoms with Crippen LogP contribution in [-0.4, -0.2) is 10.9 Å². The Labute approximate surface area is 88.2 Å². The smallest absolute Gasteiger partial charge is 0.162 e. The van der Waals surface area contributed by atoms with Gasteiger partial charge < -0.3 is 5.11 Å². The zero-order valence-corrected chi connectivity index (χ0v) is 8.47. The van der Waals surface area contributed by atoms with Gasteiger partial charge in [-0.3, -0.25) is 4.79 Å². The van der Waals surface area contributed by atoms with E-state index in [4.69, 9.17) is 0 Å². The lowest BCUT2D eigenvalue weighted by Crippen LogP contribution is -2.07. The molecule has 0 spiro atoms. The highest BCUT2D eigenvalue weighted by molar-refractivity contribution is 5.91. The van der Waals surface area contributed by atoms with Gasteiger partial charge in [-0.15, -0.1) is 0 Å². The molecule has 0 fully saturated rings. The van der Waals surface area contributed by atoms with Crippen molar-refractivity contribution in [2.24, 2.45) is 0 Å². The summed E-state index contributed by atoms with van der Waals surface area (Å²) >= 11 is 0. The molecule has 2 heteroatoms. The van der Waals surface area contributed by atoms with E-state index in [1.54, 1.807) is 6.07 Å². The van der Waals surface area contributed by atoms with E-state index in [0.717, 1.165) is 10.8 Å². The fraction of sp³-hybridized carbons (Fsp3) is 0.154. The Hall–Kier alpha value is -1.67. The van der Waals surface area contributed by atoms with Crippen LogP contribution < -0.4 is 0 Å². The summed E-state index contributed by atoms with van der Waals surface area (Å²) in [6, 6.07) is 13.3. The number of aliphatic hydroxyl groups is 1. The molecule has 0 aliphatic heterocycles. The summed E-state index contributed by atoms with van der Waals surface area (Å²) in [4.78, 5) is 11.1. The maximum atomic E-state index is 11.1. The minimum absolute atomic E-state index is 0.230. The van der Waals surface area contributed by atoms with Crippen molar-refractivity contribution in [1.82, 2.24) is 0 Å². The fourth-order valence-electron chi connectivity index (χ4n) is 1.71. The van der Waals surface area contributed by atoms with Gasteiger partial charge in [0.1, 0.15) is 6.10 Å². The average Bonchev–Trinajstić information content (AvgIpc) is 2.27. The summed E-state index contributed by atoms with van der Waals surface area (Å²) in [7, 11) is 0. The van der Waals surface area contributed by atoms with E-state index >= 15 is 0 Å². The molecule has 1 atom stereocenters. The van der Waals surface area contributed by atoms with Crippen molar-refractivity contribution in [3.63, 3.8) is 0 Å². The molecule has 0 bridgehead atoms. The van der Waals surface area contributed by atoms with Gasteiger partial charge in [-0.25, -0.2) is 0 Å². The number of benzene rings is 2. The van der Waals surface area contributed by atoms with Crippen LogP contribution in [0.3, 0.4) is 0 Å². The number of carbonyl (C=O) groups excluding carboxylic acids is 1. The molecule has 0 heterocycles. The van der Waals surface area contributed by atoms with Crippen LogP contribution in [0, 0.1) is 0 Å². The number of rotatable bonds is 2. The first-order valence-electron chi connectivity index (χ1n) is 4.86. The van der Waals surface area contributed by atoms with Gasteiger partial charge in [-0.05, 0) is 23.3 Å². The van der Waals surface area contributed by atoms with Crippen LogP contribution >= 0.6 is 0 Å². The second kappa shape index (κ2) is 3.83. The average molecular weight is 200 g/mol. The van der Waals surface area contributed by atoms with Crippen LogP contribution in [0.2, 0.25) is 0 Å². The maximum absolute atomic E-state index is 11.1. The Morgan fingerprint density at radius 3 is 2.53 bits per heavy atom. The van der Waals surface area contributed by atoms with Crippen molar-refractivity contribution >= 4 is 16.6 Å². The number of ketones is 1. The predicted octanol–water partition coefficient (Wildman–Crippen LogP) is 2.46. The molecule has 0 amide bonds. The molecule has 2 aromatic carbocycles. The summed E-state index contributed by atoms with van der Waals surface area (Å²) in [5.74, 6) is -0.230. The van der Waals surface area contributed by atoms with Crippen molar-refractivity contribution in [3.05, 3.63) is 48.0 Å². The molecule has 15 heavy (non-hydrogen) atoms. The molecule has 76 valence electrons. The molecule has 2 nitrogen and oxygen atoms in total. The third kappa shape index (κ3) is 1.76. The van der Waals surface area contributed by atoms with Gasteiger partial charge in [0.2, 0.25) is 0 Å². The lowest BCUT2D eigenvalue weighted by Gasteiger charge is -2.10. The quantitative estimate of drug-likeness (QED) is 0.808. The van der Waals surface area contributed by atoms with Gasteiger partial charge in [0, 0.05) is 0 Å². The number of Topliss-reactive ketones (excluding diaryl/α,β-unsaturated/α-hetero) is 1. The van der Waals surface area contributed by atoms with Crippen molar-refractivity contribution in [3.8, 4) is 0 Å². The fourth-order valence-corrected chi connectivity index (χ4v) is 1.71. The standard InChI is InChI=1S/C13H12O2/c1-9(14)13(15)12-8-4-6-10-5-2-3-7-11(10)12/h2-8,13,15H,1H3/t13-/m1/s1. The molecule has 0 saturated heterocycles. The van der Waals surface area contributed by atoms with Crippen LogP contribution in [0.4, 0.5) is 0 Å². The Morgan fingerprint density at radius 2 is 1.80 bits per heavy atom. The van der Waals surface area contributed by atoms with Gasteiger partial charge in [0.15, 0.2) is 5.78 Å². The second-order valence-electron chi connectivity index (χ2n) is 3.58. The molecular formula is C13H12O2. The van der Waals surface area contributed by atoms with Gasteiger partial charge in [-0.1, -0.05) is 42.5 Å². The normalized spacial score (nSPS) is 12.7. The molecule has 2 aromatic rings. The summed E-state index contributed by atoms with van der Waals surface area (Å²) in [6.45, 7) is 1.40.